The predicted molar refractivity (Wildman–Crippen MR) is 168 cm³/mol. The summed E-state index contributed by atoms with van der Waals surface area (Å²) in [6.07, 6.45) is 1.24. The number of amides is 1. The van der Waals surface area contributed by atoms with Crippen molar-refractivity contribution in [3.8, 4) is 22.9 Å². The number of nitro groups is 1. The standard InChI is InChI=1S/C34H31FN4O7/c1-4-43-32-18-25(17-30(39(41)42)33(32)45-20-24-7-9-26(35)10-8-24)19-36-37-34(40)31-16-15-29(46-31)21-44-28-13-11-27(12-14-28)38-22(2)5-6-23(38)3/h5-19H,4,20-21H2,1-3H3,(H,37,40)/b36-19+. The maximum atomic E-state index is 13.2. The molecule has 11 nitrogen and oxygen atoms in total. The third-order valence-corrected chi connectivity index (χ3v) is 6.86. The number of rotatable bonds is 13. The minimum Gasteiger partial charge on any atom is -0.490 e. The van der Waals surface area contributed by atoms with Crippen LogP contribution in [0.3, 0.4) is 0 Å². The maximum Gasteiger partial charge on any atom is 0.315 e. The van der Waals surface area contributed by atoms with Gasteiger partial charge in [-0.05, 0) is 93.1 Å². The van der Waals surface area contributed by atoms with Crippen molar-refractivity contribution in [3.05, 3.63) is 135 Å². The third kappa shape index (κ3) is 7.59. The van der Waals surface area contributed by atoms with Gasteiger partial charge in [0.25, 0.3) is 0 Å². The fourth-order valence-electron chi connectivity index (χ4n) is 4.68. The number of aromatic nitrogens is 1. The number of nitro benzene ring substituents is 1. The normalized spacial score (nSPS) is 11.0. The van der Waals surface area contributed by atoms with Crippen molar-refractivity contribution in [1.82, 2.24) is 9.99 Å². The van der Waals surface area contributed by atoms with Crippen LogP contribution in [0.25, 0.3) is 5.69 Å². The van der Waals surface area contributed by atoms with E-state index in [1.165, 1.54) is 48.7 Å². The second kappa shape index (κ2) is 14.2. The third-order valence-electron chi connectivity index (χ3n) is 6.86. The molecule has 0 atom stereocenters. The van der Waals surface area contributed by atoms with Crippen LogP contribution in [0, 0.1) is 29.8 Å². The molecule has 3 aromatic carbocycles. The summed E-state index contributed by atoms with van der Waals surface area (Å²) < 4.78 is 38.1. The molecule has 0 radical (unpaired) electrons. The summed E-state index contributed by atoms with van der Waals surface area (Å²) in [6.45, 7) is 6.10. The van der Waals surface area contributed by atoms with Crippen LogP contribution in [0.1, 0.15) is 45.8 Å². The average Bonchev–Trinajstić information content (AvgIpc) is 3.66. The molecular formula is C34H31FN4O7. The molecule has 0 unspecified atom stereocenters. The van der Waals surface area contributed by atoms with E-state index in [-0.39, 0.29) is 48.3 Å². The van der Waals surface area contributed by atoms with E-state index in [1.807, 2.05) is 38.1 Å². The Balaban J connectivity index is 1.20. The molecule has 0 saturated heterocycles. The van der Waals surface area contributed by atoms with Crippen LogP contribution in [0.15, 0.2) is 94.4 Å². The van der Waals surface area contributed by atoms with Crippen molar-refractivity contribution < 1.29 is 32.7 Å². The number of nitrogens with one attached hydrogen (secondary N) is 1. The highest BCUT2D eigenvalue weighted by Gasteiger charge is 2.23. The molecule has 0 bridgehead atoms. The van der Waals surface area contributed by atoms with Crippen molar-refractivity contribution >= 4 is 17.8 Å². The number of hydrogen-bond donors (Lipinski definition) is 1. The molecule has 5 rings (SSSR count). The minimum absolute atomic E-state index is 0.00943. The van der Waals surface area contributed by atoms with Gasteiger partial charge in [0.15, 0.2) is 11.5 Å². The SMILES string of the molecule is CCOc1cc(/C=N/NC(=O)c2ccc(COc3ccc(-n4c(C)ccc4C)cc3)o2)cc([N+](=O)[O-])c1OCc1ccc(F)cc1. The molecule has 1 N–H and O–H groups in total. The first kappa shape index (κ1) is 31.5. The quantitative estimate of drug-likeness (QED) is 0.0842. The van der Waals surface area contributed by atoms with Gasteiger partial charge in [-0.2, -0.15) is 5.10 Å². The molecule has 2 heterocycles. The van der Waals surface area contributed by atoms with Crippen LogP contribution in [0.4, 0.5) is 10.1 Å². The highest BCUT2D eigenvalue weighted by molar-refractivity contribution is 5.92. The zero-order valence-electron chi connectivity index (χ0n) is 25.4. The van der Waals surface area contributed by atoms with Crippen LogP contribution >= 0.6 is 0 Å². The highest BCUT2D eigenvalue weighted by Crippen LogP contribution is 2.39. The summed E-state index contributed by atoms with van der Waals surface area (Å²) in [5.74, 6) is 0.0990. The number of carbonyl (C=O) groups excluding carboxylic acids is 1. The first-order valence-corrected chi connectivity index (χ1v) is 14.3. The molecule has 46 heavy (non-hydrogen) atoms. The summed E-state index contributed by atoms with van der Waals surface area (Å²) in [7, 11) is 0. The highest BCUT2D eigenvalue weighted by atomic mass is 19.1. The second-order valence-corrected chi connectivity index (χ2v) is 10.2. The van der Waals surface area contributed by atoms with E-state index < -0.39 is 16.6 Å². The van der Waals surface area contributed by atoms with Crippen LogP contribution < -0.4 is 19.6 Å². The fourth-order valence-corrected chi connectivity index (χ4v) is 4.68. The maximum absolute atomic E-state index is 13.2. The topological polar surface area (TPSA) is 130 Å². The molecule has 0 saturated carbocycles. The predicted octanol–water partition coefficient (Wildman–Crippen LogP) is 7.06. The van der Waals surface area contributed by atoms with Crippen LogP contribution in [0.2, 0.25) is 0 Å². The lowest BCUT2D eigenvalue weighted by molar-refractivity contribution is -0.386. The molecule has 2 aromatic heterocycles. The van der Waals surface area contributed by atoms with Gasteiger partial charge >= 0.3 is 11.6 Å². The summed E-state index contributed by atoms with van der Waals surface area (Å²) in [4.78, 5) is 23.9. The van der Waals surface area contributed by atoms with Gasteiger partial charge in [-0.15, -0.1) is 0 Å². The van der Waals surface area contributed by atoms with Crippen LogP contribution in [-0.2, 0) is 13.2 Å². The van der Waals surface area contributed by atoms with E-state index in [0.717, 1.165) is 17.1 Å². The lowest BCUT2D eigenvalue weighted by Gasteiger charge is -2.13. The Morgan fingerprint density at radius 1 is 0.957 bits per heavy atom. The lowest BCUT2D eigenvalue weighted by Crippen LogP contribution is -2.16. The van der Waals surface area contributed by atoms with Crippen molar-refractivity contribution in [2.75, 3.05) is 6.61 Å². The van der Waals surface area contributed by atoms with Crippen LogP contribution in [0.5, 0.6) is 17.2 Å². The zero-order valence-corrected chi connectivity index (χ0v) is 25.4. The van der Waals surface area contributed by atoms with Crippen molar-refractivity contribution in [3.63, 3.8) is 0 Å². The minimum atomic E-state index is -0.622. The number of ether oxygens (including phenoxy) is 3. The second-order valence-electron chi connectivity index (χ2n) is 10.2. The van der Waals surface area contributed by atoms with Crippen molar-refractivity contribution in [1.29, 1.82) is 0 Å². The molecule has 0 aliphatic carbocycles. The van der Waals surface area contributed by atoms with E-state index in [9.17, 15) is 19.3 Å². The average molecular weight is 627 g/mol. The van der Waals surface area contributed by atoms with Gasteiger partial charge in [0.1, 0.15) is 30.5 Å². The molecule has 1 amide bonds. The van der Waals surface area contributed by atoms with Gasteiger partial charge in [0, 0.05) is 28.7 Å². The summed E-state index contributed by atoms with van der Waals surface area (Å²) >= 11 is 0. The van der Waals surface area contributed by atoms with Gasteiger partial charge in [-0.3, -0.25) is 14.9 Å². The number of aryl methyl sites for hydroxylation is 2. The Hall–Kier alpha value is -5.91. The van der Waals surface area contributed by atoms with Gasteiger partial charge in [0.2, 0.25) is 5.75 Å². The molecule has 0 spiro atoms. The van der Waals surface area contributed by atoms with Gasteiger partial charge in [-0.25, -0.2) is 9.82 Å². The molecule has 236 valence electrons. The van der Waals surface area contributed by atoms with Crippen molar-refractivity contribution in [2.45, 2.75) is 34.0 Å². The number of hydrazone groups is 1. The Kier molecular flexibility index (Phi) is 9.76. The van der Waals surface area contributed by atoms with Gasteiger partial charge in [0.05, 0.1) is 17.7 Å². The molecular weight excluding hydrogens is 595 g/mol. The van der Waals surface area contributed by atoms with E-state index in [0.29, 0.717) is 17.1 Å². The Morgan fingerprint density at radius 3 is 2.35 bits per heavy atom. The lowest BCUT2D eigenvalue weighted by atomic mass is 10.1. The number of nitrogens with zero attached hydrogens (tertiary/aromatic N) is 3. The van der Waals surface area contributed by atoms with Gasteiger partial charge < -0.3 is 23.2 Å². The molecule has 12 heteroatoms. The van der Waals surface area contributed by atoms with Crippen molar-refractivity contribution in [2.24, 2.45) is 5.10 Å². The molecule has 5 aromatic rings. The first-order valence-electron chi connectivity index (χ1n) is 14.3. The molecule has 0 fully saturated rings. The zero-order chi connectivity index (χ0) is 32.6. The number of benzene rings is 3. The first-order chi connectivity index (χ1) is 22.2. The van der Waals surface area contributed by atoms with E-state index in [4.69, 9.17) is 18.6 Å². The van der Waals surface area contributed by atoms with Crippen LogP contribution in [-0.4, -0.2) is 28.2 Å². The van der Waals surface area contributed by atoms with E-state index in [2.05, 4.69) is 27.2 Å². The largest absolute Gasteiger partial charge is 0.490 e. The Morgan fingerprint density at radius 2 is 1.67 bits per heavy atom. The number of carbonyl (C=O) groups is 1. The van der Waals surface area contributed by atoms with E-state index >= 15 is 0 Å². The number of furan rings is 1. The number of hydrogen-bond acceptors (Lipinski definition) is 8. The fraction of sp³-hybridized carbons (Fsp3) is 0.176. The molecule has 0 aliphatic heterocycles. The van der Waals surface area contributed by atoms with E-state index in [1.54, 1.807) is 13.0 Å². The summed E-state index contributed by atoms with van der Waals surface area (Å²) in [5, 5.41) is 15.8. The van der Waals surface area contributed by atoms with Gasteiger partial charge in [-0.1, -0.05) is 12.1 Å². The smallest absolute Gasteiger partial charge is 0.315 e. The number of halogens is 1. The molecule has 0 aliphatic rings. The Labute approximate surface area is 264 Å². The summed E-state index contributed by atoms with van der Waals surface area (Å²) in [6, 6.07) is 23.2. The monoisotopic (exact) mass is 626 g/mol. The Bertz CT molecular complexity index is 1840. The summed E-state index contributed by atoms with van der Waals surface area (Å²) in [5.41, 5.74) is 6.19.